The number of anilines is 1. The minimum Gasteiger partial charge on any atom is -0.389 e. The van der Waals surface area contributed by atoms with Crippen molar-refractivity contribution in [1.82, 2.24) is 14.9 Å². The molecule has 0 radical (unpaired) electrons. The summed E-state index contributed by atoms with van der Waals surface area (Å²) in [5.41, 5.74) is 2.40. The first-order chi connectivity index (χ1) is 11.1. The third-order valence-electron chi connectivity index (χ3n) is 4.10. The average molecular weight is 312 g/mol. The van der Waals surface area contributed by atoms with E-state index >= 15 is 0 Å². The van der Waals surface area contributed by atoms with Gasteiger partial charge in [-0.05, 0) is 19.1 Å². The molecule has 1 saturated heterocycles. The number of aliphatic hydroxyl groups excluding tert-OH is 1. The van der Waals surface area contributed by atoms with Crippen molar-refractivity contribution in [1.29, 1.82) is 0 Å². The molecule has 120 valence electrons. The van der Waals surface area contributed by atoms with Crippen molar-refractivity contribution in [3.63, 3.8) is 0 Å². The summed E-state index contributed by atoms with van der Waals surface area (Å²) in [4.78, 5) is 24.4. The standard InChI is InChI=1S/C17H20N4O2/c1-3-20(2)16-8-15(18-11-19-16)12-4-6-13(7-5-12)17(23)21-9-14(22)10-21/h4-8,11,14,22H,3,9-10H2,1-2H3. The summed E-state index contributed by atoms with van der Waals surface area (Å²) in [6, 6.07) is 9.32. The Morgan fingerprint density at radius 2 is 2.00 bits per heavy atom. The second-order valence-electron chi connectivity index (χ2n) is 5.72. The molecule has 0 saturated carbocycles. The van der Waals surface area contributed by atoms with Gasteiger partial charge in [0.25, 0.3) is 5.91 Å². The van der Waals surface area contributed by atoms with Crippen LogP contribution in [-0.2, 0) is 0 Å². The summed E-state index contributed by atoms with van der Waals surface area (Å²) >= 11 is 0. The highest BCUT2D eigenvalue weighted by Crippen LogP contribution is 2.22. The Morgan fingerprint density at radius 3 is 2.61 bits per heavy atom. The van der Waals surface area contributed by atoms with Crippen LogP contribution in [0.1, 0.15) is 17.3 Å². The van der Waals surface area contributed by atoms with E-state index in [9.17, 15) is 9.90 Å². The highest BCUT2D eigenvalue weighted by Gasteiger charge is 2.29. The van der Waals surface area contributed by atoms with Gasteiger partial charge < -0.3 is 14.9 Å². The number of likely N-dealkylation sites (tertiary alicyclic amines) is 1. The largest absolute Gasteiger partial charge is 0.389 e. The Bertz CT molecular complexity index is 696. The van der Waals surface area contributed by atoms with Crippen LogP contribution >= 0.6 is 0 Å². The third kappa shape index (κ3) is 3.17. The maximum absolute atomic E-state index is 12.2. The van der Waals surface area contributed by atoms with Gasteiger partial charge >= 0.3 is 0 Å². The van der Waals surface area contributed by atoms with Gasteiger partial charge in [0, 0.05) is 43.9 Å². The average Bonchev–Trinajstić information content (AvgIpc) is 2.58. The van der Waals surface area contributed by atoms with E-state index in [0.29, 0.717) is 18.7 Å². The number of carbonyl (C=O) groups is 1. The molecule has 6 heteroatoms. The molecular formula is C17H20N4O2. The predicted molar refractivity (Wildman–Crippen MR) is 88.3 cm³/mol. The van der Waals surface area contributed by atoms with Gasteiger partial charge in [-0.15, -0.1) is 0 Å². The molecule has 0 aliphatic carbocycles. The molecule has 1 aliphatic rings. The van der Waals surface area contributed by atoms with Gasteiger partial charge in [0.2, 0.25) is 0 Å². The fraction of sp³-hybridized carbons (Fsp3) is 0.353. The molecule has 1 aromatic carbocycles. The van der Waals surface area contributed by atoms with Crippen LogP contribution in [0.4, 0.5) is 5.82 Å². The summed E-state index contributed by atoms with van der Waals surface area (Å²) < 4.78 is 0. The molecule has 1 N–H and O–H groups in total. The van der Waals surface area contributed by atoms with E-state index in [1.807, 2.05) is 30.1 Å². The van der Waals surface area contributed by atoms with Gasteiger partial charge in [-0.3, -0.25) is 4.79 Å². The number of hydrogen-bond donors (Lipinski definition) is 1. The van der Waals surface area contributed by atoms with Crippen LogP contribution in [0.3, 0.4) is 0 Å². The Morgan fingerprint density at radius 1 is 1.30 bits per heavy atom. The number of rotatable bonds is 4. The summed E-state index contributed by atoms with van der Waals surface area (Å²) in [5, 5.41) is 9.29. The van der Waals surface area contributed by atoms with Crippen molar-refractivity contribution in [2.75, 3.05) is 31.6 Å². The number of β-amino-alcohol motifs (C(OH)–C–C–N with tert-alkyl or cyclic N) is 1. The van der Waals surface area contributed by atoms with Crippen LogP contribution < -0.4 is 4.90 Å². The van der Waals surface area contributed by atoms with Crippen molar-refractivity contribution in [3.05, 3.63) is 42.2 Å². The van der Waals surface area contributed by atoms with Crippen LogP contribution in [0, 0.1) is 0 Å². The third-order valence-corrected chi connectivity index (χ3v) is 4.10. The minimum absolute atomic E-state index is 0.0454. The number of amides is 1. The number of benzene rings is 1. The van der Waals surface area contributed by atoms with E-state index in [-0.39, 0.29) is 12.0 Å². The summed E-state index contributed by atoms with van der Waals surface area (Å²) in [7, 11) is 1.98. The molecule has 0 atom stereocenters. The van der Waals surface area contributed by atoms with Gasteiger partial charge in [-0.25, -0.2) is 9.97 Å². The monoisotopic (exact) mass is 312 g/mol. The zero-order valence-corrected chi connectivity index (χ0v) is 13.3. The molecule has 3 rings (SSSR count). The van der Waals surface area contributed by atoms with E-state index in [2.05, 4.69) is 16.9 Å². The lowest BCUT2D eigenvalue weighted by Crippen LogP contribution is -2.53. The number of carbonyl (C=O) groups excluding carboxylic acids is 1. The lowest BCUT2D eigenvalue weighted by Gasteiger charge is -2.35. The highest BCUT2D eigenvalue weighted by molar-refractivity contribution is 5.95. The van der Waals surface area contributed by atoms with Crippen LogP contribution in [0.5, 0.6) is 0 Å². The summed E-state index contributed by atoms with van der Waals surface area (Å²) in [6.07, 6.45) is 1.17. The second-order valence-corrected chi connectivity index (χ2v) is 5.72. The van der Waals surface area contributed by atoms with E-state index in [0.717, 1.165) is 23.6 Å². The lowest BCUT2D eigenvalue weighted by atomic mass is 10.1. The summed E-state index contributed by atoms with van der Waals surface area (Å²) in [6.45, 7) is 3.76. The summed E-state index contributed by atoms with van der Waals surface area (Å²) in [5.74, 6) is 0.822. The maximum Gasteiger partial charge on any atom is 0.254 e. The minimum atomic E-state index is -0.381. The van der Waals surface area contributed by atoms with E-state index in [4.69, 9.17) is 0 Å². The maximum atomic E-state index is 12.2. The molecule has 1 aliphatic heterocycles. The highest BCUT2D eigenvalue weighted by atomic mass is 16.3. The first-order valence-corrected chi connectivity index (χ1v) is 7.69. The number of nitrogens with zero attached hydrogens (tertiary/aromatic N) is 4. The van der Waals surface area contributed by atoms with Gasteiger partial charge in [-0.1, -0.05) is 12.1 Å². The molecule has 1 amide bonds. The first-order valence-electron chi connectivity index (χ1n) is 7.69. The molecule has 2 aromatic rings. The predicted octanol–water partition coefficient (Wildman–Crippen LogP) is 1.42. The van der Waals surface area contributed by atoms with Gasteiger partial charge in [0.05, 0.1) is 11.8 Å². The second kappa shape index (κ2) is 6.34. The topological polar surface area (TPSA) is 69.6 Å². The van der Waals surface area contributed by atoms with Crippen LogP contribution in [0.2, 0.25) is 0 Å². The number of aliphatic hydroxyl groups is 1. The molecular weight excluding hydrogens is 292 g/mol. The van der Waals surface area contributed by atoms with Crippen molar-refractivity contribution < 1.29 is 9.90 Å². The van der Waals surface area contributed by atoms with Crippen molar-refractivity contribution in [3.8, 4) is 11.3 Å². The molecule has 2 heterocycles. The molecule has 0 spiro atoms. The Balaban J connectivity index is 1.78. The smallest absolute Gasteiger partial charge is 0.254 e. The zero-order chi connectivity index (χ0) is 16.4. The Kier molecular flexibility index (Phi) is 4.25. The van der Waals surface area contributed by atoms with Gasteiger partial charge in [-0.2, -0.15) is 0 Å². The Labute approximate surface area is 135 Å². The van der Waals surface area contributed by atoms with Crippen LogP contribution in [0.15, 0.2) is 36.7 Å². The molecule has 6 nitrogen and oxygen atoms in total. The molecule has 1 aromatic heterocycles. The molecule has 23 heavy (non-hydrogen) atoms. The molecule has 1 fully saturated rings. The fourth-order valence-corrected chi connectivity index (χ4v) is 2.46. The van der Waals surface area contributed by atoms with Crippen molar-refractivity contribution in [2.24, 2.45) is 0 Å². The van der Waals surface area contributed by atoms with E-state index < -0.39 is 0 Å². The van der Waals surface area contributed by atoms with E-state index in [1.54, 1.807) is 23.4 Å². The normalized spacial score (nSPS) is 14.5. The molecule has 0 unspecified atom stereocenters. The van der Waals surface area contributed by atoms with Gasteiger partial charge in [0.15, 0.2) is 0 Å². The van der Waals surface area contributed by atoms with Gasteiger partial charge in [0.1, 0.15) is 12.1 Å². The van der Waals surface area contributed by atoms with Crippen molar-refractivity contribution in [2.45, 2.75) is 13.0 Å². The fourth-order valence-electron chi connectivity index (χ4n) is 2.46. The SMILES string of the molecule is CCN(C)c1cc(-c2ccc(C(=O)N3CC(O)C3)cc2)ncn1. The Hall–Kier alpha value is -2.47. The number of hydrogen-bond acceptors (Lipinski definition) is 5. The van der Waals surface area contributed by atoms with Crippen LogP contribution in [-0.4, -0.2) is 58.7 Å². The lowest BCUT2D eigenvalue weighted by molar-refractivity contribution is 0.00590. The van der Waals surface area contributed by atoms with E-state index in [1.165, 1.54) is 0 Å². The number of aromatic nitrogens is 2. The quantitative estimate of drug-likeness (QED) is 0.924. The first kappa shape index (κ1) is 15.4. The van der Waals surface area contributed by atoms with Crippen LogP contribution in [0.25, 0.3) is 11.3 Å². The van der Waals surface area contributed by atoms with Crippen molar-refractivity contribution >= 4 is 11.7 Å². The zero-order valence-electron chi connectivity index (χ0n) is 13.3. The molecule has 0 bridgehead atoms.